The van der Waals surface area contributed by atoms with Crippen LogP contribution in [-0.4, -0.2) is 25.6 Å². The van der Waals surface area contributed by atoms with Crippen LogP contribution in [0.15, 0.2) is 41.3 Å². The molecule has 124 valence electrons. The van der Waals surface area contributed by atoms with Crippen molar-refractivity contribution in [1.29, 1.82) is 0 Å². The fourth-order valence-corrected chi connectivity index (χ4v) is 3.65. The lowest BCUT2D eigenvalue weighted by molar-refractivity contribution is 0.102. The number of hydrogen-bond acceptors (Lipinski definition) is 5. The van der Waals surface area contributed by atoms with Gasteiger partial charge < -0.3 is 0 Å². The van der Waals surface area contributed by atoms with Crippen molar-refractivity contribution in [2.24, 2.45) is 0 Å². The largest absolute Gasteiger partial charge is 0.298 e. The Balaban J connectivity index is 1.93. The number of nitrogens with zero attached hydrogens (tertiary/aromatic N) is 1. The molecule has 0 saturated heterocycles. The highest BCUT2D eigenvalue weighted by molar-refractivity contribution is 7.90. The highest BCUT2D eigenvalue weighted by Gasteiger charge is 2.16. The van der Waals surface area contributed by atoms with E-state index in [1.807, 2.05) is 0 Å². The van der Waals surface area contributed by atoms with Gasteiger partial charge in [0.15, 0.2) is 15.0 Å². The van der Waals surface area contributed by atoms with E-state index in [0.29, 0.717) is 10.2 Å². The SMILES string of the molecule is CS(=O)(=O)c1ccc2nc(NC(=O)c3cc(F)ccc3F)sc2c1. The van der Waals surface area contributed by atoms with Crippen molar-refractivity contribution in [3.8, 4) is 0 Å². The molecule has 24 heavy (non-hydrogen) atoms. The van der Waals surface area contributed by atoms with Gasteiger partial charge in [0.2, 0.25) is 0 Å². The van der Waals surface area contributed by atoms with E-state index in [4.69, 9.17) is 0 Å². The molecule has 0 aliphatic carbocycles. The van der Waals surface area contributed by atoms with Crippen LogP contribution in [0.3, 0.4) is 0 Å². The summed E-state index contributed by atoms with van der Waals surface area (Å²) in [5.41, 5.74) is 0.0495. The normalized spacial score (nSPS) is 11.6. The van der Waals surface area contributed by atoms with E-state index in [2.05, 4.69) is 10.3 Å². The molecule has 1 aromatic heterocycles. The Kier molecular flexibility index (Phi) is 4.06. The third kappa shape index (κ3) is 3.26. The van der Waals surface area contributed by atoms with Gasteiger partial charge >= 0.3 is 0 Å². The minimum atomic E-state index is -3.36. The van der Waals surface area contributed by atoms with E-state index in [-0.39, 0.29) is 10.0 Å². The van der Waals surface area contributed by atoms with E-state index in [9.17, 15) is 22.0 Å². The second kappa shape index (κ2) is 5.91. The van der Waals surface area contributed by atoms with E-state index in [0.717, 1.165) is 35.8 Å². The summed E-state index contributed by atoms with van der Waals surface area (Å²) in [6.45, 7) is 0. The molecular weight excluding hydrogens is 358 g/mol. The second-order valence-electron chi connectivity index (χ2n) is 5.00. The minimum Gasteiger partial charge on any atom is -0.298 e. The molecule has 3 aromatic rings. The number of rotatable bonds is 3. The van der Waals surface area contributed by atoms with Crippen molar-refractivity contribution in [2.45, 2.75) is 4.90 Å². The Morgan fingerprint density at radius 3 is 2.62 bits per heavy atom. The minimum absolute atomic E-state index is 0.132. The predicted molar refractivity (Wildman–Crippen MR) is 87.0 cm³/mol. The average Bonchev–Trinajstić information content (AvgIpc) is 2.89. The molecule has 0 aliphatic rings. The molecule has 1 N–H and O–H groups in total. The summed E-state index contributed by atoms with van der Waals surface area (Å²) in [5.74, 6) is -2.42. The van der Waals surface area contributed by atoms with Crippen LogP contribution in [0.2, 0.25) is 0 Å². The highest BCUT2D eigenvalue weighted by Crippen LogP contribution is 2.28. The lowest BCUT2D eigenvalue weighted by atomic mass is 10.2. The number of halogens is 2. The fraction of sp³-hybridized carbons (Fsp3) is 0.0667. The summed E-state index contributed by atoms with van der Waals surface area (Å²) in [6, 6.07) is 6.94. The summed E-state index contributed by atoms with van der Waals surface area (Å²) in [4.78, 5) is 16.3. The van der Waals surface area contributed by atoms with Crippen molar-refractivity contribution in [3.05, 3.63) is 53.6 Å². The highest BCUT2D eigenvalue weighted by atomic mass is 32.2. The first-order valence-electron chi connectivity index (χ1n) is 6.61. The monoisotopic (exact) mass is 368 g/mol. The van der Waals surface area contributed by atoms with Crippen LogP contribution in [0.5, 0.6) is 0 Å². The Labute approximate surface area is 139 Å². The van der Waals surface area contributed by atoms with Crippen LogP contribution >= 0.6 is 11.3 Å². The molecule has 9 heteroatoms. The molecular formula is C15H10F2N2O3S2. The Morgan fingerprint density at radius 2 is 1.92 bits per heavy atom. The molecule has 0 bridgehead atoms. The molecule has 0 radical (unpaired) electrons. The van der Waals surface area contributed by atoms with Crippen LogP contribution < -0.4 is 5.32 Å². The van der Waals surface area contributed by atoms with Gasteiger partial charge in [-0.2, -0.15) is 0 Å². The van der Waals surface area contributed by atoms with Crippen LogP contribution in [-0.2, 0) is 9.84 Å². The molecule has 3 rings (SSSR count). The lowest BCUT2D eigenvalue weighted by Crippen LogP contribution is -2.13. The number of aromatic nitrogens is 1. The Morgan fingerprint density at radius 1 is 1.17 bits per heavy atom. The molecule has 5 nitrogen and oxygen atoms in total. The zero-order valence-electron chi connectivity index (χ0n) is 12.2. The smallest absolute Gasteiger partial charge is 0.260 e. The van der Waals surface area contributed by atoms with E-state index >= 15 is 0 Å². The topological polar surface area (TPSA) is 76.1 Å². The van der Waals surface area contributed by atoms with Gasteiger partial charge in [0.05, 0.1) is 20.7 Å². The molecule has 0 atom stereocenters. The molecule has 0 spiro atoms. The third-order valence-corrected chi connectivity index (χ3v) is 5.23. The standard InChI is InChI=1S/C15H10F2N2O3S2/c1-24(21,22)9-3-5-12-13(7-9)23-15(18-12)19-14(20)10-6-8(16)2-4-11(10)17/h2-7H,1H3,(H,18,19,20). The van der Waals surface area contributed by atoms with Crippen molar-refractivity contribution in [2.75, 3.05) is 11.6 Å². The lowest BCUT2D eigenvalue weighted by Gasteiger charge is -2.02. The van der Waals surface area contributed by atoms with Crippen molar-refractivity contribution in [3.63, 3.8) is 0 Å². The van der Waals surface area contributed by atoms with E-state index < -0.39 is 32.9 Å². The number of sulfone groups is 1. The molecule has 1 amide bonds. The Bertz CT molecular complexity index is 1060. The van der Waals surface area contributed by atoms with Gasteiger partial charge in [0, 0.05) is 6.26 Å². The number of nitrogens with one attached hydrogen (secondary N) is 1. The van der Waals surface area contributed by atoms with Crippen LogP contribution in [0.25, 0.3) is 10.2 Å². The van der Waals surface area contributed by atoms with Crippen LogP contribution in [0.4, 0.5) is 13.9 Å². The summed E-state index contributed by atoms with van der Waals surface area (Å²) in [5, 5.41) is 2.54. The number of benzene rings is 2. The first-order valence-corrected chi connectivity index (χ1v) is 9.32. The van der Waals surface area contributed by atoms with E-state index in [1.165, 1.54) is 18.2 Å². The average molecular weight is 368 g/mol. The number of hydrogen-bond donors (Lipinski definition) is 1. The molecule has 0 unspecified atom stereocenters. The maximum Gasteiger partial charge on any atom is 0.260 e. The first kappa shape index (κ1) is 16.5. The summed E-state index contributed by atoms with van der Waals surface area (Å²) in [7, 11) is -3.36. The van der Waals surface area contributed by atoms with Gasteiger partial charge in [-0.3, -0.25) is 10.1 Å². The number of carbonyl (C=O) groups is 1. The first-order chi connectivity index (χ1) is 11.2. The molecule has 0 fully saturated rings. The van der Waals surface area contributed by atoms with Gasteiger partial charge in [0.25, 0.3) is 5.91 Å². The second-order valence-corrected chi connectivity index (χ2v) is 8.05. The molecule has 0 saturated carbocycles. The van der Waals surface area contributed by atoms with Crippen LogP contribution in [0.1, 0.15) is 10.4 Å². The fourth-order valence-electron chi connectivity index (χ4n) is 2.03. The number of anilines is 1. The summed E-state index contributed by atoms with van der Waals surface area (Å²) < 4.78 is 50.4. The zero-order valence-corrected chi connectivity index (χ0v) is 13.8. The third-order valence-electron chi connectivity index (χ3n) is 3.18. The number of carbonyl (C=O) groups excluding carboxylic acids is 1. The summed E-state index contributed by atoms with van der Waals surface area (Å²) in [6.07, 6.45) is 1.09. The molecule has 2 aromatic carbocycles. The quantitative estimate of drug-likeness (QED) is 0.770. The predicted octanol–water partition coefficient (Wildman–Crippen LogP) is 3.23. The van der Waals surface area contributed by atoms with Gasteiger partial charge in [-0.15, -0.1) is 0 Å². The maximum absolute atomic E-state index is 13.6. The van der Waals surface area contributed by atoms with E-state index in [1.54, 1.807) is 0 Å². The Hall–Kier alpha value is -2.39. The summed E-state index contributed by atoms with van der Waals surface area (Å²) >= 11 is 1.04. The van der Waals surface area contributed by atoms with Crippen molar-refractivity contribution in [1.82, 2.24) is 4.98 Å². The van der Waals surface area contributed by atoms with Crippen molar-refractivity contribution < 1.29 is 22.0 Å². The molecule has 0 aliphatic heterocycles. The van der Waals surface area contributed by atoms with Gasteiger partial charge in [-0.1, -0.05) is 11.3 Å². The number of thiazole rings is 1. The van der Waals surface area contributed by atoms with Gasteiger partial charge in [-0.25, -0.2) is 22.2 Å². The van der Waals surface area contributed by atoms with Gasteiger partial charge in [0.1, 0.15) is 11.6 Å². The number of fused-ring (bicyclic) bond motifs is 1. The zero-order chi connectivity index (χ0) is 17.5. The molecule has 1 heterocycles. The number of amides is 1. The van der Waals surface area contributed by atoms with Crippen LogP contribution in [0, 0.1) is 11.6 Å². The van der Waals surface area contributed by atoms with Gasteiger partial charge in [-0.05, 0) is 36.4 Å². The maximum atomic E-state index is 13.6. The van der Waals surface area contributed by atoms with Crippen molar-refractivity contribution >= 4 is 42.4 Å².